The summed E-state index contributed by atoms with van der Waals surface area (Å²) in [6.45, 7) is 8.54. The van der Waals surface area contributed by atoms with Crippen molar-refractivity contribution in [3.63, 3.8) is 0 Å². The first kappa shape index (κ1) is 24.2. The van der Waals surface area contributed by atoms with Crippen LogP contribution in [0, 0.1) is 0 Å². The fraction of sp³-hybridized carbons (Fsp3) is 0.522. The van der Waals surface area contributed by atoms with E-state index in [0.717, 1.165) is 25.9 Å². The van der Waals surface area contributed by atoms with Gasteiger partial charge in [-0.25, -0.2) is 14.8 Å². The predicted molar refractivity (Wildman–Crippen MR) is 121 cm³/mol. The van der Waals surface area contributed by atoms with Crippen molar-refractivity contribution in [2.24, 2.45) is 0 Å². The van der Waals surface area contributed by atoms with E-state index in [1.165, 1.54) is 12.5 Å². The summed E-state index contributed by atoms with van der Waals surface area (Å²) < 4.78 is 6.83. The van der Waals surface area contributed by atoms with Crippen molar-refractivity contribution < 1.29 is 24.2 Å². The number of nitrogens with one attached hydrogen (secondary N) is 1. The van der Waals surface area contributed by atoms with Gasteiger partial charge in [-0.05, 0) is 58.6 Å². The topological polar surface area (TPSA) is 127 Å². The van der Waals surface area contributed by atoms with E-state index in [-0.39, 0.29) is 18.9 Å². The highest BCUT2D eigenvalue weighted by Gasteiger charge is 2.38. The van der Waals surface area contributed by atoms with E-state index >= 15 is 0 Å². The molecule has 1 fully saturated rings. The first-order valence-corrected chi connectivity index (χ1v) is 10.9. The van der Waals surface area contributed by atoms with Crippen LogP contribution in [0.25, 0.3) is 0 Å². The molecule has 1 saturated heterocycles. The van der Waals surface area contributed by atoms with Gasteiger partial charge in [-0.15, -0.1) is 0 Å². The van der Waals surface area contributed by atoms with Crippen LogP contribution in [0.3, 0.4) is 0 Å². The van der Waals surface area contributed by atoms with E-state index < -0.39 is 23.1 Å². The highest BCUT2D eigenvalue weighted by molar-refractivity contribution is 5.83. The van der Waals surface area contributed by atoms with Crippen molar-refractivity contribution in [3.05, 3.63) is 42.1 Å². The fourth-order valence-corrected chi connectivity index (χ4v) is 3.65. The molecule has 178 valence electrons. The number of hydrogen-bond acceptors (Lipinski definition) is 6. The van der Waals surface area contributed by atoms with Crippen LogP contribution in [0.15, 0.2) is 30.9 Å². The molecule has 3 rings (SSSR count). The Balaban J connectivity index is 1.68. The highest BCUT2D eigenvalue weighted by atomic mass is 16.6. The number of anilines is 1. The van der Waals surface area contributed by atoms with Gasteiger partial charge in [0.15, 0.2) is 0 Å². The van der Waals surface area contributed by atoms with Crippen molar-refractivity contribution in [2.75, 3.05) is 18.4 Å². The molecule has 0 saturated carbocycles. The summed E-state index contributed by atoms with van der Waals surface area (Å²) >= 11 is 0. The molecule has 2 amide bonds. The molecule has 2 aromatic rings. The number of imidazole rings is 1. The largest absolute Gasteiger partial charge is 0.481 e. The maximum absolute atomic E-state index is 12.4. The average molecular weight is 458 g/mol. The molecule has 0 bridgehead atoms. The number of amides is 2. The molecule has 2 N–H and O–H groups in total. The average Bonchev–Trinajstić information content (AvgIpc) is 3.40. The van der Waals surface area contributed by atoms with Crippen molar-refractivity contribution in [1.82, 2.24) is 19.4 Å². The van der Waals surface area contributed by atoms with Crippen LogP contribution in [0.4, 0.5) is 10.6 Å². The third-order valence-electron chi connectivity index (χ3n) is 5.46. The zero-order valence-corrected chi connectivity index (χ0v) is 19.5. The number of ether oxygens (including phenoxy) is 1. The molecule has 33 heavy (non-hydrogen) atoms. The second-order valence-corrected chi connectivity index (χ2v) is 9.51. The number of nitrogens with zero attached hydrogens (tertiary/aromatic N) is 4. The number of pyridine rings is 1. The first-order valence-electron chi connectivity index (χ1n) is 10.9. The van der Waals surface area contributed by atoms with Crippen LogP contribution in [0.1, 0.15) is 51.8 Å². The summed E-state index contributed by atoms with van der Waals surface area (Å²) in [5.41, 5.74) is -0.919. The molecule has 2 aromatic heterocycles. The molecule has 1 atom stereocenters. The lowest BCUT2D eigenvalue weighted by molar-refractivity contribution is -0.143. The number of likely N-dealkylation sites (tertiary alicyclic amines) is 1. The van der Waals surface area contributed by atoms with E-state index in [4.69, 9.17) is 4.74 Å². The van der Waals surface area contributed by atoms with Crippen LogP contribution in [0.2, 0.25) is 0 Å². The van der Waals surface area contributed by atoms with E-state index in [9.17, 15) is 19.5 Å². The highest BCUT2D eigenvalue weighted by Crippen LogP contribution is 2.28. The van der Waals surface area contributed by atoms with Crippen LogP contribution < -0.4 is 5.32 Å². The van der Waals surface area contributed by atoms with Crippen molar-refractivity contribution >= 4 is 23.8 Å². The van der Waals surface area contributed by atoms with E-state index in [2.05, 4.69) is 15.3 Å². The second-order valence-electron chi connectivity index (χ2n) is 9.51. The normalized spacial score (nSPS) is 15.7. The number of carboxylic acids is 1. The molecule has 1 unspecified atom stereocenters. The molecular weight excluding hydrogens is 426 g/mol. The van der Waals surface area contributed by atoms with E-state index in [1.807, 2.05) is 4.90 Å². The van der Waals surface area contributed by atoms with Gasteiger partial charge in [0.05, 0.1) is 12.0 Å². The molecule has 0 aromatic carbocycles. The second kappa shape index (κ2) is 9.60. The van der Waals surface area contributed by atoms with E-state index in [0.29, 0.717) is 17.1 Å². The van der Waals surface area contributed by atoms with E-state index in [1.54, 1.807) is 50.6 Å². The number of aliphatic carboxylic acids is 1. The van der Waals surface area contributed by atoms with Gasteiger partial charge >= 0.3 is 12.1 Å². The third-order valence-corrected chi connectivity index (χ3v) is 5.46. The van der Waals surface area contributed by atoms with Crippen LogP contribution in [-0.2, 0) is 32.7 Å². The number of hydrogen-bond donors (Lipinski definition) is 2. The number of aromatic nitrogens is 3. The first-order chi connectivity index (χ1) is 15.5. The maximum atomic E-state index is 12.4. The molecule has 10 nitrogen and oxygen atoms in total. The van der Waals surface area contributed by atoms with Crippen molar-refractivity contribution in [1.29, 1.82) is 0 Å². The lowest BCUT2D eigenvalue weighted by atomic mass is 9.81. The monoisotopic (exact) mass is 457 g/mol. The Labute approximate surface area is 193 Å². The van der Waals surface area contributed by atoms with Crippen molar-refractivity contribution in [3.8, 4) is 0 Å². The van der Waals surface area contributed by atoms with Crippen LogP contribution >= 0.6 is 0 Å². The number of carbonyl (C=O) groups excluding carboxylic acids is 2. The van der Waals surface area contributed by atoms with Crippen LogP contribution in [0.5, 0.6) is 0 Å². The van der Waals surface area contributed by atoms with Gasteiger partial charge in [0.1, 0.15) is 23.4 Å². The summed E-state index contributed by atoms with van der Waals surface area (Å²) in [5, 5.41) is 12.5. The van der Waals surface area contributed by atoms with Gasteiger partial charge in [0.2, 0.25) is 5.91 Å². The molecule has 3 heterocycles. The molecule has 0 radical (unpaired) electrons. The Kier molecular flexibility index (Phi) is 7.04. The molecule has 0 aliphatic carbocycles. The van der Waals surface area contributed by atoms with Crippen LogP contribution in [-0.4, -0.2) is 61.2 Å². The van der Waals surface area contributed by atoms with Gasteiger partial charge in [0.25, 0.3) is 0 Å². The Morgan fingerprint density at radius 3 is 2.39 bits per heavy atom. The smallest absolute Gasteiger partial charge is 0.413 e. The van der Waals surface area contributed by atoms with Gasteiger partial charge in [-0.3, -0.25) is 14.9 Å². The molecule has 1 aliphatic heterocycles. The van der Waals surface area contributed by atoms with Gasteiger partial charge in [-0.1, -0.05) is 6.07 Å². The minimum absolute atomic E-state index is 0.00533. The van der Waals surface area contributed by atoms with Gasteiger partial charge < -0.3 is 19.3 Å². The number of carboxylic acid groups (broad SMARTS) is 1. The minimum Gasteiger partial charge on any atom is -0.481 e. The lowest BCUT2D eigenvalue weighted by Crippen LogP contribution is -2.35. The molecular formula is C23H31N5O5. The predicted octanol–water partition coefficient (Wildman–Crippen LogP) is 2.83. The fourth-order valence-electron chi connectivity index (χ4n) is 3.65. The summed E-state index contributed by atoms with van der Waals surface area (Å²) in [6, 6.07) is 3.30. The van der Waals surface area contributed by atoms with Crippen molar-refractivity contribution in [2.45, 2.75) is 64.5 Å². The Morgan fingerprint density at radius 2 is 1.82 bits per heavy atom. The summed E-state index contributed by atoms with van der Waals surface area (Å²) in [6.07, 6.45) is 6.17. The molecule has 0 spiro atoms. The zero-order valence-electron chi connectivity index (χ0n) is 19.5. The standard InChI is InChI=1S/C23H31N5O5/c1-22(2,3)33-21(32)26-18-8-7-16(12-24-18)11-23(4,20(30)31)17-13-27(15-25-17)14-19(29)28-9-5-6-10-28/h7-8,12-13,15H,5-6,9-11,14H2,1-4H3,(H,30,31)(H,24,26,32). The number of rotatable bonds is 7. The summed E-state index contributed by atoms with van der Waals surface area (Å²) in [7, 11) is 0. The maximum Gasteiger partial charge on any atom is 0.413 e. The molecule has 1 aliphatic rings. The summed E-state index contributed by atoms with van der Waals surface area (Å²) in [5.74, 6) is -0.727. The number of carbonyl (C=O) groups is 3. The van der Waals surface area contributed by atoms with Gasteiger partial charge in [0, 0.05) is 25.5 Å². The third kappa shape index (κ3) is 6.30. The van der Waals surface area contributed by atoms with Gasteiger partial charge in [-0.2, -0.15) is 0 Å². The molecule has 10 heteroatoms. The Morgan fingerprint density at radius 1 is 1.12 bits per heavy atom. The Hall–Kier alpha value is -3.43. The lowest BCUT2D eigenvalue weighted by Gasteiger charge is -2.23. The minimum atomic E-state index is -1.32. The summed E-state index contributed by atoms with van der Waals surface area (Å²) in [4.78, 5) is 46.8. The zero-order chi connectivity index (χ0) is 24.2. The SMILES string of the molecule is CC(C)(C)OC(=O)Nc1ccc(CC(C)(C(=O)O)c2cn(CC(=O)N3CCCC3)cn2)cn1. The quantitative estimate of drug-likeness (QED) is 0.654. The Bertz CT molecular complexity index is 1000.